The van der Waals surface area contributed by atoms with Crippen LogP contribution in [-0.4, -0.2) is 64.7 Å². The van der Waals surface area contributed by atoms with Crippen molar-refractivity contribution in [3.05, 3.63) is 23.6 Å². The summed E-state index contributed by atoms with van der Waals surface area (Å²) in [6.45, 7) is 3.24. The molecule has 0 radical (unpaired) electrons. The predicted octanol–water partition coefficient (Wildman–Crippen LogP) is 0.741. The minimum Gasteiger partial charge on any atom is -0.360 e. The van der Waals surface area contributed by atoms with Crippen LogP contribution >= 0.6 is 0 Å². The Bertz CT molecular complexity index is 833. The summed E-state index contributed by atoms with van der Waals surface area (Å²) in [5, 5.41) is 12.2. The Kier molecular flexibility index (Phi) is 4.94. The van der Waals surface area contributed by atoms with E-state index in [1.54, 1.807) is 6.92 Å². The summed E-state index contributed by atoms with van der Waals surface area (Å²) >= 11 is 0. The second-order valence-electron chi connectivity index (χ2n) is 6.70. The van der Waals surface area contributed by atoms with Crippen molar-refractivity contribution in [2.45, 2.75) is 37.1 Å². The highest BCUT2D eigenvalue weighted by atomic mass is 32.2. The second-order valence-corrected chi connectivity index (χ2v) is 8.60. The maximum absolute atomic E-state index is 12.7. The van der Waals surface area contributed by atoms with Crippen LogP contribution in [0.3, 0.4) is 0 Å². The van der Waals surface area contributed by atoms with E-state index in [0.29, 0.717) is 18.8 Å². The lowest BCUT2D eigenvalue weighted by atomic mass is 9.97. The average molecular weight is 368 g/mol. The first-order chi connectivity index (χ1) is 11.8. The molecule has 0 unspecified atom stereocenters. The summed E-state index contributed by atoms with van der Waals surface area (Å²) in [6.07, 6.45) is 2.71. The van der Waals surface area contributed by atoms with Crippen LogP contribution in [0.2, 0.25) is 0 Å². The normalized spacial score (nSPS) is 17.5. The molecule has 3 heterocycles. The standard InChI is InChI=1S/C15H24N6O3S/c1-11-13(9-16-24-11)25(22,23)21-7-5-12(6-8-21)15-18-17-14(20(15)4)10-19(2)3/h9,12H,5-8,10H2,1-4H3. The number of hydrogen-bond acceptors (Lipinski definition) is 7. The first-order valence-corrected chi connectivity index (χ1v) is 9.69. The van der Waals surface area contributed by atoms with E-state index in [1.165, 1.54) is 10.5 Å². The third-order valence-electron chi connectivity index (χ3n) is 4.60. The highest BCUT2D eigenvalue weighted by Gasteiger charge is 2.33. The quantitative estimate of drug-likeness (QED) is 0.768. The second kappa shape index (κ2) is 6.85. The summed E-state index contributed by atoms with van der Waals surface area (Å²) in [4.78, 5) is 2.20. The first-order valence-electron chi connectivity index (χ1n) is 8.25. The monoisotopic (exact) mass is 368 g/mol. The number of aromatic nitrogens is 4. The summed E-state index contributed by atoms with van der Waals surface area (Å²) in [6, 6.07) is 0. The minimum absolute atomic E-state index is 0.151. The van der Waals surface area contributed by atoms with Crippen molar-refractivity contribution in [2.24, 2.45) is 7.05 Å². The molecule has 1 aliphatic heterocycles. The van der Waals surface area contributed by atoms with Gasteiger partial charge in [0.05, 0.1) is 12.7 Å². The molecule has 9 nitrogen and oxygen atoms in total. The largest absolute Gasteiger partial charge is 0.360 e. The van der Waals surface area contributed by atoms with Crippen LogP contribution in [0, 0.1) is 6.92 Å². The van der Waals surface area contributed by atoms with Crippen LogP contribution in [0.15, 0.2) is 15.6 Å². The van der Waals surface area contributed by atoms with Gasteiger partial charge >= 0.3 is 0 Å². The van der Waals surface area contributed by atoms with Gasteiger partial charge < -0.3 is 14.0 Å². The zero-order valence-corrected chi connectivity index (χ0v) is 15.8. The molecule has 0 aromatic carbocycles. The van der Waals surface area contributed by atoms with Crippen molar-refractivity contribution >= 4 is 10.0 Å². The van der Waals surface area contributed by atoms with Crippen LogP contribution in [0.25, 0.3) is 0 Å². The molecule has 0 bridgehead atoms. The molecule has 0 saturated carbocycles. The average Bonchev–Trinajstić information content (AvgIpc) is 3.14. The minimum atomic E-state index is -3.55. The Balaban J connectivity index is 1.70. The van der Waals surface area contributed by atoms with Crippen molar-refractivity contribution in [3.63, 3.8) is 0 Å². The van der Waals surface area contributed by atoms with Crippen LogP contribution in [0.4, 0.5) is 0 Å². The van der Waals surface area contributed by atoms with Crippen LogP contribution < -0.4 is 0 Å². The molecule has 1 saturated heterocycles. The number of hydrogen-bond donors (Lipinski definition) is 0. The van der Waals surface area contributed by atoms with Crippen molar-refractivity contribution in [3.8, 4) is 0 Å². The van der Waals surface area contributed by atoms with Gasteiger partial charge in [0, 0.05) is 26.1 Å². The van der Waals surface area contributed by atoms with E-state index >= 15 is 0 Å². The molecule has 0 amide bonds. The lowest BCUT2D eigenvalue weighted by Gasteiger charge is -2.30. The van der Waals surface area contributed by atoms with Crippen LogP contribution in [0.1, 0.15) is 36.2 Å². The maximum Gasteiger partial charge on any atom is 0.248 e. The van der Waals surface area contributed by atoms with E-state index in [2.05, 4.69) is 15.4 Å². The first kappa shape index (κ1) is 18.0. The molecule has 2 aromatic rings. The summed E-state index contributed by atoms with van der Waals surface area (Å²) in [5.74, 6) is 2.37. The fourth-order valence-electron chi connectivity index (χ4n) is 3.18. The van der Waals surface area contributed by atoms with Crippen LogP contribution in [-0.2, 0) is 23.6 Å². The van der Waals surface area contributed by atoms with E-state index < -0.39 is 10.0 Å². The lowest BCUT2D eigenvalue weighted by Crippen LogP contribution is -2.38. The van der Waals surface area contributed by atoms with Gasteiger partial charge in [-0.3, -0.25) is 0 Å². The fourth-order valence-corrected chi connectivity index (χ4v) is 4.73. The molecule has 0 spiro atoms. The van der Waals surface area contributed by atoms with Gasteiger partial charge in [-0.1, -0.05) is 5.16 Å². The van der Waals surface area contributed by atoms with Gasteiger partial charge in [0.1, 0.15) is 16.5 Å². The molecule has 0 N–H and O–H groups in total. The van der Waals surface area contributed by atoms with E-state index in [1.807, 2.05) is 30.6 Å². The van der Waals surface area contributed by atoms with Gasteiger partial charge in [-0.15, -0.1) is 10.2 Å². The molecule has 3 rings (SSSR count). The van der Waals surface area contributed by atoms with Gasteiger partial charge in [-0.2, -0.15) is 4.31 Å². The highest BCUT2D eigenvalue weighted by molar-refractivity contribution is 7.89. The molecule has 10 heteroatoms. The van der Waals surface area contributed by atoms with Crippen molar-refractivity contribution in [1.29, 1.82) is 0 Å². The Labute approximate surface area is 147 Å². The smallest absolute Gasteiger partial charge is 0.248 e. The Morgan fingerprint density at radius 1 is 1.28 bits per heavy atom. The molecule has 1 fully saturated rings. The number of piperidine rings is 1. The van der Waals surface area contributed by atoms with E-state index in [0.717, 1.165) is 31.0 Å². The van der Waals surface area contributed by atoms with Crippen LogP contribution in [0.5, 0.6) is 0 Å². The van der Waals surface area contributed by atoms with Crippen molar-refractivity contribution in [1.82, 2.24) is 29.1 Å². The van der Waals surface area contributed by atoms with Gasteiger partial charge in [0.15, 0.2) is 5.76 Å². The third kappa shape index (κ3) is 3.46. The fraction of sp³-hybridized carbons (Fsp3) is 0.667. The third-order valence-corrected chi connectivity index (χ3v) is 6.59. The molecule has 0 atom stereocenters. The molecule has 0 aliphatic carbocycles. The predicted molar refractivity (Wildman–Crippen MR) is 90.4 cm³/mol. The number of aryl methyl sites for hydroxylation is 1. The van der Waals surface area contributed by atoms with Crippen molar-refractivity contribution in [2.75, 3.05) is 27.2 Å². The van der Waals surface area contributed by atoms with Gasteiger partial charge in [-0.05, 0) is 33.9 Å². The van der Waals surface area contributed by atoms with Gasteiger partial charge in [-0.25, -0.2) is 8.42 Å². The SMILES string of the molecule is Cc1oncc1S(=O)(=O)N1CCC(c2nnc(CN(C)C)n2C)CC1. The molecule has 138 valence electrons. The topological polar surface area (TPSA) is 97.4 Å². The molecule has 2 aromatic heterocycles. The Morgan fingerprint density at radius 2 is 1.96 bits per heavy atom. The Hall–Kier alpha value is -1.78. The number of sulfonamides is 1. The lowest BCUT2D eigenvalue weighted by molar-refractivity contribution is 0.309. The summed E-state index contributed by atoms with van der Waals surface area (Å²) < 4.78 is 33.8. The molecule has 1 aliphatic rings. The van der Waals surface area contributed by atoms with Gasteiger partial charge in [0.25, 0.3) is 0 Å². The molecule has 25 heavy (non-hydrogen) atoms. The van der Waals surface area contributed by atoms with E-state index in [-0.39, 0.29) is 10.8 Å². The zero-order valence-electron chi connectivity index (χ0n) is 15.0. The van der Waals surface area contributed by atoms with Gasteiger partial charge in [0.2, 0.25) is 10.0 Å². The van der Waals surface area contributed by atoms with E-state index in [9.17, 15) is 8.42 Å². The Morgan fingerprint density at radius 3 is 2.52 bits per heavy atom. The van der Waals surface area contributed by atoms with E-state index in [4.69, 9.17) is 4.52 Å². The molecular weight excluding hydrogens is 344 g/mol. The molecular formula is C15H24N6O3S. The summed E-state index contributed by atoms with van der Waals surface area (Å²) in [5.41, 5.74) is 0. The number of nitrogens with zero attached hydrogens (tertiary/aromatic N) is 6. The number of rotatable bonds is 5. The summed E-state index contributed by atoms with van der Waals surface area (Å²) in [7, 11) is 2.40. The maximum atomic E-state index is 12.7. The highest BCUT2D eigenvalue weighted by Crippen LogP contribution is 2.30. The van der Waals surface area contributed by atoms with Crippen molar-refractivity contribution < 1.29 is 12.9 Å². The zero-order chi connectivity index (χ0) is 18.2.